The number of piperazine rings is 1. The number of rotatable bonds is 4. The molecule has 0 bridgehead atoms. The molecule has 21 heavy (non-hydrogen) atoms. The van der Waals surface area contributed by atoms with E-state index in [2.05, 4.69) is 46.1 Å². The van der Waals surface area contributed by atoms with Gasteiger partial charge in [-0.1, -0.05) is 6.07 Å². The molecule has 0 saturated carbocycles. The lowest BCUT2D eigenvalue weighted by molar-refractivity contribution is 0.121. The van der Waals surface area contributed by atoms with Gasteiger partial charge in [0, 0.05) is 50.3 Å². The van der Waals surface area contributed by atoms with Crippen molar-refractivity contribution in [2.45, 2.75) is 26.9 Å². The Bertz CT molecular complexity index is 585. The molecule has 0 spiro atoms. The molecule has 0 aromatic carbocycles. The third-order valence-electron chi connectivity index (χ3n) is 4.29. The topological polar surface area (TPSA) is 19.4 Å². The Morgan fingerprint density at radius 3 is 2.33 bits per heavy atom. The second-order valence-corrected chi connectivity index (χ2v) is 6.85. The minimum atomic E-state index is 0.985. The molecular formula is C17H23N3S. The van der Waals surface area contributed by atoms with Crippen molar-refractivity contribution in [3.8, 4) is 0 Å². The molecule has 112 valence electrons. The van der Waals surface area contributed by atoms with Crippen molar-refractivity contribution < 1.29 is 0 Å². The molecule has 3 rings (SSSR count). The quantitative estimate of drug-likeness (QED) is 0.865. The lowest BCUT2D eigenvalue weighted by Crippen LogP contribution is -2.45. The zero-order chi connectivity index (χ0) is 14.7. The van der Waals surface area contributed by atoms with Crippen LogP contribution in [-0.4, -0.2) is 41.0 Å². The lowest BCUT2D eigenvalue weighted by atomic mass is 10.2. The zero-order valence-electron chi connectivity index (χ0n) is 12.9. The Labute approximate surface area is 131 Å². The number of aryl methyl sites for hydroxylation is 2. The summed E-state index contributed by atoms with van der Waals surface area (Å²) in [6.07, 6.45) is 1.90. The predicted molar refractivity (Wildman–Crippen MR) is 88.6 cm³/mol. The second kappa shape index (κ2) is 6.69. The van der Waals surface area contributed by atoms with E-state index in [-0.39, 0.29) is 0 Å². The van der Waals surface area contributed by atoms with Crippen molar-refractivity contribution >= 4 is 11.3 Å². The van der Waals surface area contributed by atoms with Crippen LogP contribution < -0.4 is 0 Å². The van der Waals surface area contributed by atoms with Gasteiger partial charge < -0.3 is 0 Å². The average Bonchev–Trinajstić information content (AvgIpc) is 2.89. The van der Waals surface area contributed by atoms with Gasteiger partial charge in [-0.2, -0.15) is 0 Å². The predicted octanol–water partition coefficient (Wildman–Crippen LogP) is 3.08. The van der Waals surface area contributed by atoms with E-state index in [1.807, 2.05) is 23.6 Å². The molecule has 3 nitrogen and oxygen atoms in total. The first-order valence-corrected chi connectivity index (χ1v) is 8.48. The number of pyridine rings is 1. The summed E-state index contributed by atoms with van der Waals surface area (Å²) < 4.78 is 0. The molecule has 1 saturated heterocycles. The summed E-state index contributed by atoms with van der Waals surface area (Å²) in [6, 6.07) is 6.39. The van der Waals surface area contributed by atoms with Crippen molar-refractivity contribution in [2.24, 2.45) is 0 Å². The van der Waals surface area contributed by atoms with Crippen molar-refractivity contribution in [3.63, 3.8) is 0 Å². The van der Waals surface area contributed by atoms with E-state index in [4.69, 9.17) is 0 Å². The molecule has 1 fully saturated rings. The van der Waals surface area contributed by atoms with Gasteiger partial charge in [0.25, 0.3) is 0 Å². The van der Waals surface area contributed by atoms with E-state index in [9.17, 15) is 0 Å². The SMILES string of the molecule is Cc1cccnc1CN1CCN(Cc2sccc2C)CC1. The molecule has 2 aromatic heterocycles. The molecule has 0 N–H and O–H groups in total. The highest BCUT2D eigenvalue weighted by molar-refractivity contribution is 7.10. The molecule has 1 aliphatic heterocycles. The van der Waals surface area contributed by atoms with Crippen LogP contribution in [0.15, 0.2) is 29.8 Å². The smallest absolute Gasteiger partial charge is 0.0573 e. The van der Waals surface area contributed by atoms with Crippen molar-refractivity contribution in [1.82, 2.24) is 14.8 Å². The molecule has 1 aliphatic rings. The molecular weight excluding hydrogens is 278 g/mol. The number of nitrogens with zero attached hydrogens (tertiary/aromatic N) is 3. The molecule has 0 aliphatic carbocycles. The van der Waals surface area contributed by atoms with Crippen LogP contribution in [-0.2, 0) is 13.1 Å². The summed E-state index contributed by atoms with van der Waals surface area (Å²) in [4.78, 5) is 11.1. The van der Waals surface area contributed by atoms with Crippen LogP contribution in [0.3, 0.4) is 0 Å². The summed E-state index contributed by atoms with van der Waals surface area (Å²) in [6.45, 7) is 11.1. The first-order valence-electron chi connectivity index (χ1n) is 7.60. The highest BCUT2D eigenvalue weighted by Crippen LogP contribution is 2.19. The molecule has 4 heteroatoms. The van der Waals surface area contributed by atoms with E-state index in [0.29, 0.717) is 0 Å². The Balaban J connectivity index is 1.51. The molecule has 0 radical (unpaired) electrons. The van der Waals surface area contributed by atoms with Gasteiger partial charge in [0.2, 0.25) is 0 Å². The van der Waals surface area contributed by atoms with Crippen LogP contribution >= 0.6 is 11.3 Å². The largest absolute Gasteiger partial charge is 0.296 e. The van der Waals surface area contributed by atoms with Gasteiger partial charge in [-0.15, -0.1) is 11.3 Å². The highest BCUT2D eigenvalue weighted by atomic mass is 32.1. The number of hydrogen-bond acceptors (Lipinski definition) is 4. The Morgan fingerprint density at radius 2 is 1.71 bits per heavy atom. The van der Waals surface area contributed by atoms with E-state index in [1.165, 1.54) is 21.7 Å². The fourth-order valence-corrected chi connectivity index (χ4v) is 3.72. The van der Waals surface area contributed by atoms with Crippen molar-refractivity contribution in [2.75, 3.05) is 26.2 Å². The van der Waals surface area contributed by atoms with Crippen LogP contribution in [0, 0.1) is 13.8 Å². The van der Waals surface area contributed by atoms with E-state index in [0.717, 1.165) is 39.3 Å². The average molecular weight is 301 g/mol. The summed E-state index contributed by atoms with van der Waals surface area (Å²) in [5.74, 6) is 0. The molecule has 3 heterocycles. The number of hydrogen-bond donors (Lipinski definition) is 0. The minimum absolute atomic E-state index is 0.985. The summed E-state index contributed by atoms with van der Waals surface area (Å²) in [5, 5.41) is 2.20. The maximum absolute atomic E-state index is 4.51. The lowest BCUT2D eigenvalue weighted by Gasteiger charge is -2.34. The fraction of sp³-hybridized carbons (Fsp3) is 0.471. The molecule has 0 amide bonds. The normalized spacial score (nSPS) is 17.2. The van der Waals surface area contributed by atoms with Gasteiger partial charge in [-0.05, 0) is 42.5 Å². The van der Waals surface area contributed by atoms with Crippen LogP contribution in [0.25, 0.3) is 0 Å². The number of aromatic nitrogens is 1. The maximum atomic E-state index is 4.51. The van der Waals surface area contributed by atoms with Crippen molar-refractivity contribution in [1.29, 1.82) is 0 Å². The number of thiophene rings is 1. The summed E-state index contributed by atoms with van der Waals surface area (Å²) in [7, 11) is 0. The van der Waals surface area contributed by atoms with E-state index in [1.54, 1.807) is 0 Å². The monoisotopic (exact) mass is 301 g/mol. The fourth-order valence-electron chi connectivity index (χ4n) is 2.77. The van der Waals surface area contributed by atoms with Crippen molar-refractivity contribution in [3.05, 3.63) is 51.5 Å². The third kappa shape index (κ3) is 3.70. The molecule has 2 aromatic rings. The van der Waals surface area contributed by atoms with Crippen LogP contribution in [0.2, 0.25) is 0 Å². The minimum Gasteiger partial charge on any atom is -0.296 e. The van der Waals surface area contributed by atoms with Crippen LogP contribution in [0.1, 0.15) is 21.7 Å². The Morgan fingerprint density at radius 1 is 1.00 bits per heavy atom. The van der Waals surface area contributed by atoms with Gasteiger partial charge in [0.05, 0.1) is 5.69 Å². The first-order chi connectivity index (χ1) is 10.2. The Hall–Kier alpha value is -1.23. The maximum Gasteiger partial charge on any atom is 0.0573 e. The summed E-state index contributed by atoms with van der Waals surface area (Å²) >= 11 is 1.88. The third-order valence-corrected chi connectivity index (χ3v) is 5.30. The Kier molecular flexibility index (Phi) is 4.68. The van der Waals surface area contributed by atoms with Crippen LogP contribution in [0.5, 0.6) is 0 Å². The second-order valence-electron chi connectivity index (χ2n) is 5.85. The first kappa shape index (κ1) is 14.7. The van der Waals surface area contributed by atoms with Crippen LogP contribution in [0.4, 0.5) is 0 Å². The highest BCUT2D eigenvalue weighted by Gasteiger charge is 2.18. The van der Waals surface area contributed by atoms with E-state index >= 15 is 0 Å². The zero-order valence-corrected chi connectivity index (χ0v) is 13.7. The van der Waals surface area contributed by atoms with Gasteiger partial charge in [0.1, 0.15) is 0 Å². The van der Waals surface area contributed by atoms with E-state index < -0.39 is 0 Å². The van der Waals surface area contributed by atoms with Gasteiger partial charge in [-0.3, -0.25) is 14.8 Å². The standard InChI is InChI=1S/C17H23N3S/c1-14-4-3-6-18-16(14)12-19-7-9-20(10-8-19)13-17-15(2)5-11-21-17/h3-6,11H,7-10,12-13H2,1-2H3. The van der Waals surface area contributed by atoms with Gasteiger partial charge >= 0.3 is 0 Å². The van der Waals surface area contributed by atoms with Gasteiger partial charge in [0.15, 0.2) is 0 Å². The van der Waals surface area contributed by atoms with Gasteiger partial charge in [-0.25, -0.2) is 0 Å². The molecule has 0 atom stereocenters. The molecule has 0 unspecified atom stereocenters. The summed E-state index contributed by atoms with van der Waals surface area (Å²) in [5.41, 5.74) is 3.96.